The summed E-state index contributed by atoms with van der Waals surface area (Å²) in [6.45, 7) is 10.5. The van der Waals surface area contributed by atoms with E-state index in [2.05, 4.69) is 30.7 Å². The summed E-state index contributed by atoms with van der Waals surface area (Å²) in [5.41, 5.74) is 2.07. The van der Waals surface area contributed by atoms with Crippen LogP contribution in [0.5, 0.6) is 0 Å². The van der Waals surface area contributed by atoms with Crippen molar-refractivity contribution in [2.45, 2.75) is 39.2 Å². The maximum atomic E-state index is 13.7. The fourth-order valence-electron chi connectivity index (χ4n) is 3.49. The number of rotatable bonds is 4. The number of nitriles is 1. The quantitative estimate of drug-likeness (QED) is 0.856. The number of halogens is 1. The van der Waals surface area contributed by atoms with Crippen molar-refractivity contribution in [2.75, 3.05) is 33.2 Å². The molecule has 2 unspecified atom stereocenters. The van der Waals surface area contributed by atoms with Crippen LogP contribution < -0.4 is 0 Å². The fourth-order valence-corrected chi connectivity index (χ4v) is 3.49. The molecular weight excluding hydrogens is 277 g/mol. The van der Waals surface area contributed by atoms with Crippen LogP contribution in [0.3, 0.4) is 0 Å². The first kappa shape index (κ1) is 16.9. The molecule has 1 fully saturated rings. The van der Waals surface area contributed by atoms with E-state index in [1.165, 1.54) is 6.07 Å². The molecule has 0 spiro atoms. The molecule has 1 aliphatic rings. The van der Waals surface area contributed by atoms with Crippen LogP contribution in [0.15, 0.2) is 12.1 Å². The Bertz CT molecular complexity index is 564. The molecule has 1 saturated heterocycles. The third-order valence-electron chi connectivity index (χ3n) is 4.89. The van der Waals surface area contributed by atoms with Crippen LogP contribution in [-0.4, -0.2) is 49.1 Å². The van der Waals surface area contributed by atoms with Gasteiger partial charge in [0.2, 0.25) is 0 Å². The zero-order chi connectivity index (χ0) is 16.3. The monoisotopic (exact) mass is 303 g/mol. The lowest BCUT2D eigenvalue weighted by Gasteiger charge is -2.41. The lowest BCUT2D eigenvalue weighted by molar-refractivity contribution is 0.0831. The van der Waals surface area contributed by atoms with Gasteiger partial charge < -0.3 is 4.90 Å². The fraction of sp³-hybridized carbons (Fsp3) is 0.611. The molecule has 0 aromatic heterocycles. The molecule has 1 aromatic carbocycles. The summed E-state index contributed by atoms with van der Waals surface area (Å²) in [6.07, 6.45) is 1.14. The topological polar surface area (TPSA) is 30.3 Å². The van der Waals surface area contributed by atoms with Crippen molar-refractivity contribution in [1.29, 1.82) is 5.26 Å². The van der Waals surface area contributed by atoms with Gasteiger partial charge in [-0.2, -0.15) is 5.26 Å². The average molecular weight is 303 g/mol. The molecule has 0 radical (unpaired) electrons. The number of hydrogen-bond donors (Lipinski definition) is 0. The van der Waals surface area contributed by atoms with E-state index in [9.17, 15) is 4.39 Å². The highest BCUT2D eigenvalue weighted by Gasteiger charge is 2.26. The van der Waals surface area contributed by atoms with Gasteiger partial charge in [-0.15, -0.1) is 0 Å². The highest BCUT2D eigenvalue weighted by Crippen LogP contribution is 2.26. The second-order valence-corrected chi connectivity index (χ2v) is 6.47. The molecule has 4 heteroatoms. The Morgan fingerprint density at radius 3 is 2.77 bits per heavy atom. The normalized spacial score (nSPS) is 21.5. The van der Waals surface area contributed by atoms with Crippen molar-refractivity contribution in [3.05, 3.63) is 34.6 Å². The van der Waals surface area contributed by atoms with Crippen LogP contribution in [0.25, 0.3) is 0 Å². The number of hydrogen-bond acceptors (Lipinski definition) is 3. The molecule has 0 saturated carbocycles. The van der Waals surface area contributed by atoms with Crippen LogP contribution in [-0.2, 0) is 0 Å². The Hall–Kier alpha value is -1.44. The SMILES string of the molecule is CCC1CN(C)CCN1CC(C)c1ccc(F)c(C#N)c1C. The number of piperazine rings is 1. The zero-order valence-corrected chi connectivity index (χ0v) is 14.1. The molecule has 0 aliphatic carbocycles. The second-order valence-electron chi connectivity index (χ2n) is 6.47. The van der Waals surface area contributed by atoms with Crippen LogP contribution >= 0.6 is 0 Å². The summed E-state index contributed by atoms with van der Waals surface area (Å²) in [5, 5.41) is 9.13. The minimum Gasteiger partial charge on any atom is -0.304 e. The molecule has 1 heterocycles. The molecule has 2 atom stereocenters. The smallest absolute Gasteiger partial charge is 0.141 e. The second kappa shape index (κ2) is 7.21. The molecule has 3 nitrogen and oxygen atoms in total. The Morgan fingerprint density at radius 2 is 2.14 bits per heavy atom. The van der Waals surface area contributed by atoms with E-state index in [0.717, 1.165) is 43.7 Å². The number of likely N-dealkylation sites (N-methyl/N-ethyl adjacent to an activating group) is 1. The summed E-state index contributed by atoms with van der Waals surface area (Å²) in [5.74, 6) is -0.118. The summed E-state index contributed by atoms with van der Waals surface area (Å²) in [6, 6.07) is 5.84. The Morgan fingerprint density at radius 1 is 1.41 bits per heavy atom. The first-order valence-electron chi connectivity index (χ1n) is 8.09. The lowest BCUT2D eigenvalue weighted by Crippen LogP contribution is -2.52. The van der Waals surface area contributed by atoms with E-state index in [4.69, 9.17) is 5.26 Å². The minimum atomic E-state index is -0.415. The predicted molar refractivity (Wildman–Crippen MR) is 87.4 cm³/mol. The van der Waals surface area contributed by atoms with Gasteiger partial charge in [-0.1, -0.05) is 19.9 Å². The lowest BCUT2D eigenvalue weighted by atomic mass is 9.92. The highest BCUT2D eigenvalue weighted by molar-refractivity contribution is 5.44. The standard InChI is InChI=1S/C18H26FN3/c1-5-15-12-21(4)8-9-22(15)11-13(2)16-6-7-18(19)17(10-20)14(16)3/h6-7,13,15H,5,8-9,11-12H2,1-4H3. The van der Waals surface area contributed by atoms with Crippen molar-refractivity contribution in [2.24, 2.45) is 0 Å². The van der Waals surface area contributed by atoms with E-state index in [0.29, 0.717) is 12.0 Å². The molecule has 1 aliphatic heterocycles. The van der Waals surface area contributed by atoms with E-state index in [1.807, 2.05) is 19.1 Å². The molecule has 0 N–H and O–H groups in total. The third kappa shape index (κ3) is 3.48. The van der Waals surface area contributed by atoms with Crippen LogP contribution in [0.1, 0.15) is 42.9 Å². The van der Waals surface area contributed by atoms with E-state index >= 15 is 0 Å². The van der Waals surface area contributed by atoms with Gasteiger partial charge in [0, 0.05) is 32.2 Å². The van der Waals surface area contributed by atoms with Crippen molar-refractivity contribution in [1.82, 2.24) is 9.80 Å². The molecular formula is C18H26FN3. The van der Waals surface area contributed by atoms with Crippen molar-refractivity contribution in [3.8, 4) is 6.07 Å². The van der Waals surface area contributed by atoms with Gasteiger partial charge in [-0.3, -0.25) is 4.90 Å². The van der Waals surface area contributed by atoms with E-state index in [-0.39, 0.29) is 5.56 Å². The minimum absolute atomic E-state index is 0.190. The maximum Gasteiger partial charge on any atom is 0.141 e. The van der Waals surface area contributed by atoms with Crippen LogP contribution in [0.2, 0.25) is 0 Å². The van der Waals surface area contributed by atoms with Crippen molar-refractivity contribution in [3.63, 3.8) is 0 Å². The summed E-state index contributed by atoms with van der Waals surface area (Å²) >= 11 is 0. The van der Waals surface area contributed by atoms with Gasteiger partial charge in [0.15, 0.2) is 0 Å². The van der Waals surface area contributed by atoms with Gasteiger partial charge in [-0.05, 0) is 43.5 Å². The van der Waals surface area contributed by atoms with E-state index < -0.39 is 5.82 Å². The summed E-state index contributed by atoms with van der Waals surface area (Å²) in [7, 11) is 2.17. The van der Waals surface area contributed by atoms with Crippen molar-refractivity contribution >= 4 is 0 Å². The summed E-state index contributed by atoms with van der Waals surface area (Å²) in [4.78, 5) is 4.92. The molecule has 1 aromatic rings. The Kier molecular flexibility index (Phi) is 5.55. The van der Waals surface area contributed by atoms with Gasteiger partial charge in [-0.25, -0.2) is 4.39 Å². The largest absolute Gasteiger partial charge is 0.304 e. The number of benzene rings is 1. The first-order valence-corrected chi connectivity index (χ1v) is 8.09. The van der Waals surface area contributed by atoms with E-state index in [1.54, 1.807) is 0 Å². The average Bonchev–Trinajstić information content (AvgIpc) is 2.49. The first-order chi connectivity index (χ1) is 10.5. The van der Waals surface area contributed by atoms with Crippen molar-refractivity contribution < 1.29 is 4.39 Å². The Balaban J connectivity index is 2.16. The summed E-state index contributed by atoms with van der Waals surface area (Å²) < 4.78 is 13.7. The van der Waals surface area contributed by atoms with Crippen LogP contribution in [0.4, 0.5) is 4.39 Å². The van der Waals surface area contributed by atoms with Gasteiger partial charge in [0.1, 0.15) is 11.9 Å². The highest BCUT2D eigenvalue weighted by atomic mass is 19.1. The zero-order valence-electron chi connectivity index (χ0n) is 14.1. The Labute approximate surface area is 133 Å². The van der Waals surface area contributed by atoms with Gasteiger partial charge in [0.05, 0.1) is 5.56 Å². The van der Waals surface area contributed by atoms with Crippen LogP contribution in [0, 0.1) is 24.1 Å². The van der Waals surface area contributed by atoms with Gasteiger partial charge >= 0.3 is 0 Å². The van der Waals surface area contributed by atoms with Gasteiger partial charge in [0.25, 0.3) is 0 Å². The molecule has 22 heavy (non-hydrogen) atoms. The molecule has 120 valence electrons. The molecule has 0 bridgehead atoms. The maximum absolute atomic E-state index is 13.7. The number of nitrogens with zero attached hydrogens (tertiary/aromatic N) is 3. The molecule has 2 rings (SSSR count). The third-order valence-corrected chi connectivity index (χ3v) is 4.89. The molecule has 0 amide bonds. The predicted octanol–water partition coefficient (Wildman–Crippen LogP) is 3.14.